The Morgan fingerprint density at radius 2 is 1.95 bits per heavy atom. The van der Waals surface area contributed by atoms with Crippen molar-refractivity contribution in [3.8, 4) is 0 Å². The summed E-state index contributed by atoms with van der Waals surface area (Å²) >= 11 is 5.67. The fraction of sp³-hybridized carbons (Fsp3) is 0.786. The molecule has 0 fully saturated rings. The first kappa shape index (κ1) is 18.5. The van der Waals surface area contributed by atoms with Gasteiger partial charge >= 0.3 is 0 Å². The zero-order chi connectivity index (χ0) is 16.0. The second kappa shape index (κ2) is 8.15. The van der Waals surface area contributed by atoms with E-state index in [1.54, 1.807) is 15.2 Å². The van der Waals surface area contributed by atoms with Crippen molar-refractivity contribution < 1.29 is 8.42 Å². The zero-order valence-electron chi connectivity index (χ0n) is 13.3. The van der Waals surface area contributed by atoms with Gasteiger partial charge < -0.3 is 0 Å². The Bertz CT molecular complexity index is 524. The molecule has 0 unspecified atom stereocenters. The van der Waals surface area contributed by atoms with Crippen LogP contribution in [-0.4, -0.2) is 41.0 Å². The Labute approximate surface area is 133 Å². The van der Waals surface area contributed by atoms with E-state index in [0.717, 1.165) is 12.8 Å². The smallest absolute Gasteiger partial charge is 0.246 e. The molecule has 0 aliphatic heterocycles. The maximum atomic E-state index is 12.9. The summed E-state index contributed by atoms with van der Waals surface area (Å²) in [5.74, 6) is 0.682. The van der Waals surface area contributed by atoms with E-state index in [4.69, 9.17) is 11.6 Å². The molecule has 0 N–H and O–H groups in total. The first-order valence-corrected chi connectivity index (χ1v) is 9.44. The van der Waals surface area contributed by atoms with Crippen molar-refractivity contribution in [2.45, 2.75) is 58.0 Å². The second-order valence-corrected chi connectivity index (χ2v) is 7.84. The van der Waals surface area contributed by atoms with Crippen molar-refractivity contribution in [1.82, 2.24) is 14.1 Å². The number of halogens is 1. The highest BCUT2D eigenvalue weighted by Crippen LogP contribution is 2.22. The lowest BCUT2D eigenvalue weighted by Gasteiger charge is -2.30. The topological polar surface area (TPSA) is 55.2 Å². The number of aromatic nitrogens is 2. The van der Waals surface area contributed by atoms with Crippen LogP contribution >= 0.6 is 11.6 Å². The van der Waals surface area contributed by atoms with Gasteiger partial charge in [-0.05, 0) is 18.8 Å². The Morgan fingerprint density at radius 1 is 1.33 bits per heavy atom. The van der Waals surface area contributed by atoms with Gasteiger partial charge in [-0.1, -0.05) is 27.7 Å². The third-order valence-electron chi connectivity index (χ3n) is 3.42. The van der Waals surface area contributed by atoms with E-state index in [1.165, 1.54) is 6.20 Å². The molecule has 0 saturated heterocycles. The summed E-state index contributed by atoms with van der Waals surface area (Å²) in [5, 5.41) is 4.07. The second-order valence-electron chi connectivity index (χ2n) is 5.57. The maximum Gasteiger partial charge on any atom is 0.246 e. The lowest BCUT2D eigenvalue weighted by atomic mass is 10.1. The van der Waals surface area contributed by atoms with Crippen LogP contribution in [0.3, 0.4) is 0 Å². The van der Waals surface area contributed by atoms with E-state index in [2.05, 4.69) is 5.10 Å². The van der Waals surface area contributed by atoms with Crippen molar-refractivity contribution in [3.05, 3.63) is 12.4 Å². The molecule has 0 aliphatic rings. The summed E-state index contributed by atoms with van der Waals surface area (Å²) in [6, 6.07) is 0.0220. The fourth-order valence-electron chi connectivity index (χ4n) is 2.32. The first-order valence-electron chi connectivity index (χ1n) is 7.47. The van der Waals surface area contributed by atoms with E-state index >= 15 is 0 Å². The molecule has 0 aliphatic carbocycles. The van der Waals surface area contributed by atoms with E-state index in [9.17, 15) is 8.42 Å². The molecule has 0 spiro atoms. The predicted molar refractivity (Wildman–Crippen MR) is 86.0 cm³/mol. The number of alkyl halides is 1. The van der Waals surface area contributed by atoms with Gasteiger partial charge in [0.25, 0.3) is 0 Å². The summed E-state index contributed by atoms with van der Waals surface area (Å²) in [5.41, 5.74) is 0. The Balaban J connectivity index is 3.12. The molecule has 5 nitrogen and oxygen atoms in total. The first-order chi connectivity index (χ1) is 9.86. The summed E-state index contributed by atoms with van der Waals surface area (Å²) in [6.07, 6.45) is 4.58. The molecule has 0 aromatic carbocycles. The van der Waals surface area contributed by atoms with Gasteiger partial charge in [-0.25, -0.2) is 8.42 Å². The monoisotopic (exact) mass is 335 g/mol. The normalized spacial score (nSPS) is 12.8. The van der Waals surface area contributed by atoms with Crippen LogP contribution in [0, 0.1) is 5.92 Å². The third-order valence-corrected chi connectivity index (χ3v) is 5.46. The minimum atomic E-state index is -3.51. The Morgan fingerprint density at radius 3 is 2.43 bits per heavy atom. The number of hydrogen-bond donors (Lipinski definition) is 0. The van der Waals surface area contributed by atoms with Gasteiger partial charge in [-0.3, -0.25) is 4.68 Å². The Kier molecular flexibility index (Phi) is 7.16. The maximum absolute atomic E-state index is 12.9. The molecule has 1 aromatic rings. The minimum absolute atomic E-state index is 0.0220. The standard InChI is InChI=1S/C14H26ClN3O2S/c1-5-13(6-2)18(10-12(3)4)21(19,20)14-9-16-17(11-14)8-7-15/h9,11-13H,5-8,10H2,1-4H3. The molecule has 0 bridgehead atoms. The predicted octanol–water partition coefficient (Wildman–Crippen LogP) is 2.96. The quantitative estimate of drug-likeness (QED) is 0.652. The number of hydrogen-bond acceptors (Lipinski definition) is 3. The van der Waals surface area contributed by atoms with Crippen LogP contribution in [-0.2, 0) is 16.6 Å². The molecule has 0 atom stereocenters. The van der Waals surface area contributed by atoms with Crippen molar-refractivity contribution in [2.24, 2.45) is 5.92 Å². The molecular formula is C14H26ClN3O2S. The van der Waals surface area contributed by atoms with Crippen LogP contribution in [0.1, 0.15) is 40.5 Å². The van der Waals surface area contributed by atoms with E-state index in [1.807, 2.05) is 27.7 Å². The van der Waals surface area contributed by atoms with Crippen LogP contribution in [0.5, 0.6) is 0 Å². The van der Waals surface area contributed by atoms with Crippen LogP contribution in [0.15, 0.2) is 17.3 Å². The molecule has 7 heteroatoms. The highest BCUT2D eigenvalue weighted by molar-refractivity contribution is 7.89. The molecule has 21 heavy (non-hydrogen) atoms. The Hall–Kier alpha value is -0.590. The average Bonchev–Trinajstić information content (AvgIpc) is 2.88. The van der Waals surface area contributed by atoms with Gasteiger partial charge in [-0.15, -0.1) is 11.6 Å². The van der Waals surface area contributed by atoms with Crippen LogP contribution in [0.25, 0.3) is 0 Å². The van der Waals surface area contributed by atoms with Crippen molar-refractivity contribution in [1.29, 1.82) is 0 Å². The van der Waals surface area contributed by atoms with Crippen molar-refractivity contribution in [2.75, 3.05) is 12.4 Å². The molecule has 1 heterocycles. The highest BCUT2D eigenvalue weighted by atomic mass is 35.5. The zero-order valence-corrected chi connectivity index (χ0v) is 14.9. The molecule has 0 radical (unpaired) electrons. The van der Waals surface area contributed by atoms with Gasteiger partial charge in [0.2, 0.25) is 10.0 Å². The van der Waals surface area contributed by atoms with Gasteiger partial charge in [0, 0.05) is 24.7 Å². The minimum Gasteiger partial charge on any atom is -0.270 e. The molecular weight excluding hydrogens is 310 g/mol. The number of aryl methyl sites for hydroxylation is 1. The SMILES string of the molecule is CCC(CC)N(CC(C)C)S(=O)(=O)c1cnn(CCCl)c1. The number of sulfonamides is 1. The van der Waals surface area contributed by atoms with Crippen LogP contribution in [0.2, 0.25) is 0 Å². The van der Waals surface area contributed by atoms with Crippen molar-refractivity contribution in [3.63, 3.8) is 0 Å². The van der Waals surface area contributed by atoms with Crippen LogP contribution in [0.4, 0.5) is 0 Å². The number of nitrogens with zero attached hydrogens (tertiary/aromatic N) is 3. The third kappa shape index (κ3) is 4.69. The van der Waals surface area contributed by atoms with Gasteiger partial charge in [-0.2, -0.15) is 9.40 Å². The number of rotatable bonds is 9. The van der Waals surface area contributed by atoms with Crippen molar-refractivity contribution >= 4 is 21.6 Å². The molecule has 1 aromatic heterocycles. The lowest BCUT2D eigenvalue weighted by molar-refractivity contribution is 0.277. The van der Waals surface area contributed by atoms with Gasteiger partial charge in [0.15, 0.2) is 0 Å². The summed E-state index contributed by atoms with van der Waals surface area (Å²) < 4.78 is 29.0. The lowest BCUT2D eigenvalue weighted by Crippen LogP contribution is -2.41. The summed E-state index contributed by atoms with van der Waals surface area (Å²) in [7, 11) is -3.51. The average molecular weight is 336 g/mol. The molecule has 1 rings (SSSR count). The molecule has 0 saturated carbocycles. The van der Waals surface area contributed by atoms with E-state index in [0.29, 0.717) is 19.0 Å². The molecule has 0 amide bonds. The summed E-state index contributed by atoms with van der Waals surface area (Å²) in [6.45, 7) is 9.13. The van der Waals surface area contributed by atoms with E-state index in [-0.39, 0.29) is 16.9 Å². The van der Waals surface area contributed by atoms with Gasteiger partial charge in [0.05, 0.1) is 12.7 Å². The van der Waals surface area contributed by atoms with Crippen LogP contribution < -0.4 is 0 Å². The molecule has 122 valence electrons. The van der Waals surface area contributed by atoms with Gasteiger partial charge in [0.1, 0.15) is 4.90 Å². The van der Waals surface area contributed by atoms with E-state index < -0.39 is 10.0 Å². The highest BCUT2D eigenvalue weighted by Gasteiger charge is 2.31. The summed E-state index contributed by atoms with van der Waals surface area (Å²) in [4.78, 5) is 0.250. The largest absolute Gasteiger partial charge is 0.270 e. The fourth-order valence-corrected chi connectivity index (χ4v) is 4.39.